The van der Waals surface area contributed by atoms with Crippen molar-refractivity contribution in [3.05, 3.63) is 0 Å². The first-order valence-electron chi connectivity index (χ1n) is 12.6. The van der Waals surface area contributed by atoms with Crippen LogP contribution in [0.1, 0.15) is 135 Å². The lowest BCUT2D eigenvalue weighted by Gasteiger charge is -2.04. The molecule has 0 aliphatic rings. The smallest absolute Gasteiger partial charge is 0.267 e. The van der Waals surface area contributed by atoms with E-state index in [9.17, 15) is 8.42 Å². The Morgan fingerprint density at radius 2 is 0.828 bits per heavy atom. The average molecular weight is 435 g/mol. The van der Waals surface area contributed by atoms with Crippen LogP contribution >= 0.6 is 0 Å². The summed E-state index contributed by atoms with van der Waals surface area (Å²) in [4.78, 5) is 0. The van der Waals surface area contributed by atoms with Gasteiger partial charge in [-0.1, -0.05) is 129 Å². The molecule has 0 saturated heterocycles. The molecule has 5 heteroatoms. The predicted octanol–water partition coefficient (Wildman–Crippen LogP) is 7.71. The van der Waals surface area contributed by atoms with Crippen LogP contribution in [0.2, 0.25) is 0 Å². The summed E-state index contributed by atoms with van der Waals surface area (Å²) in [6, 6.07) is 0. The molecule has 0 bridgehead atoms. The van der Waals surface area contributed by atoms with Gasteiger partial charge >= 0.3 is 0 Å². The van der Waals surface area contributed by atoms with E-state index in [1.54, 1.807) is 0 Å². The third kappa shape index (κ3) is 27.9. The molecule has 0 aromatic rings. The molecule has 0 spiro atoms. The fourth-order valence-corrected chi connectivity index (χ4v) is 4.05. The van der Waals surface area contributed by atoms with Crippen molar-refractivity contribution in [2.45, 2.75) is 135 Å². The highest BCUT2D eigenvalue weighted by Gasteiger charge is 2.03. The Labute approximate surface area is 182 Å². The van der Waals surface area contributed by atoms with Crippen LogP contribution in [-0.4, -0.2) is 31.9 Å². The zero-order valence-corrected chi connectivity index (χ0v) is 20.2. The van der Waals surface area contributed by atoms with E-state index in [0.29, 0.717) is 6.61 Å². The van der Waals surface area contributed by atoms with E-state index in [1.165, 1.54) is 116 Å². The monoisotopic (exact) mass is 434 g/mol. The van der Waals surface area contributed by atoms with Crippen LogP contribution in [0.4, 0.5) is 0 Å². The maximum Gasteiger partial charge on any atom is 0.267 e. The molecule has 0 aromatic carbocycles. The van der Waals surface area contributed by atoms with Crippen molar-refractivity contribution >= 4 is 10.1 Å². The normalized spacial score (nSPS) is 11.9. The van der Waals surface area contributed by atoms with Crippen LogP contribution in [0.3, 0.4) is 0 Å². The summed E-state index contributed by atoms with van der Waals surface area (Å²) >= 11 is 0. The number of ether oxygens (including phenoxy) is 1. The van der Waals surface area contributed by atoms with Crippen LogP contribution < -0.4 is 0 Å². The molecule has 0 aromatic heterocycles. The van der Waals surface area contributed by atoms with Crippen molar-refractivity contribution in [2.24, 2.45) is 0 Å². The SMILES string of the molecule is CCCCCCCCCCCCCCCCCCCCCCOCCS(=O)(=O)O. The number of hydrogen-bond donors (Lipinski definition) is 1. The lowest BCUT2D eigenvalue weighted by molar-refractivity contribution is 0.143. The van der Waals surface area contributed by atoms with Crippen molar-refractivity contribution in [1.82, 2.24) is 0 Å². The summed E-state index contributed by atoms with van der Waals surface area (Å²) in [6.45, 7) is 2.97. The third-order valence-corrected chi connectivity index (χ3v) is 6.31. The Morgan fingerprint density at radius 3 is 1.14 bits per heavy atom. The van der Waals surface area contributed by atoms with Gasteiger partial charge in [0.15, 0.2) is 0 Å². The van der Waals surface area contributed by atoms with Gasteiger partial charge in [0, 0.05) is 6.61 Å². The van der Waals surface area contributed by atoms with Gasteiger partial charge in [0.05, 0.1) is 12.4 Å². The maximum absolute atomic E-state index is 10.5. The molecule has 0 aliphatic heterocycles. The molecule has 0 rings (SSSR count). The minimum atomic E-state index is -3.88. The predicted molar refractivity (Wildman–Crippen MR) is 125 cm³/mol. The van der Waals surface area contributed by atoms with E-state index in [2.05, 4.69) is 6.92 Å². The van der Waals surface area contributed by atoms with Crippen LogP contribution in [0.25, 0.3) is 0 Å². The van der Waals surface area contributed by atoms with Gasteiger partial charge in [-0.2, -0.15) is 8.42 Å². The molecule has 0 amide bonds. The molecule has 29 heavy (non-hydrogen) atoms. The van der Waals surface area contributed by atoms with Gasteiger partial charge in [-0.15, -0.1) is 0 Å². The van der Waals surface area contributed by atoms with Gasteiger partial charge in [-0.3, -0.25) is 4.55 Å². The molecular weight excluding hydrogens is 384 g/mol. The average Bonchev–Trinajstić information content (AvgIpc) is 2.67. The molecule has 0 fully saturated rings. The molecule has 1 N–H and O–H groups in total. The zero-order valence-electron chi connectivity index (χ0n) is 19.3. The van der Waals surface area contributed by atoms with Gasteiger partial charge in [-0.25, -0.2) is 0 Å². The highest BCUT2D eigenvalue weighted by Crippen LogP contribution is 2.14. The van der Waals surface area contributed by atoms with Crippen LogP contribution in [0.5, 0.6) is 0 Å². The van der Waals surface area contributed by atoms with E-state index >= 15 is 0 Å². The molecular formula is C24H50O4S. The second-order valence-corrected chi connectivity index (χ2v) is 10.2. The summed E-state index contributed by atoms with van der Waals surface area (Å²) in [5.74, 6) is -0.299. The largest absolute Gasteiger partial charge is 0.380 e. The first kappa shape index (κ1) is 28.9. The van der Waals surface area contributed by atoms with Crippen molar-refractivity contribution in [2.75, 3.05) is 19.0 Å². The zero-order chi connectivity index (χ0) is 21.5. The minimum absolute atomic E-state index is 0.0952. The highest BCUT2D eigenvalue weighted by molar-refractivity contribution is 7.85. The van der Waals surface area contributed by atoms with Crippen LogP contribution in [0, 0.1) is 0 Å². The summed E-state index contributed by atoms with van der Waals surface area (Å²) in [7, 11) is -3.88. The maximum atomic E-state index is 10.5. The molecule has 4 nitrogen and oxygen atoms in total. The molecule has 0 aliphatic carbocycles. The topological polar surface area (TPSA) is 63.6 Å². The van der Waals surface area contributed by atoms with E-state index in [1.807, 2.05) is 0 Å². The fraction of sp³-hybridized carbons (Fsp3) is 1.00. The number of hydrogen-bond acceptors (Lipinski definition) is 3. The molecule has 0 saturated carbocycles. The summed E-state index contributed by atoms with van der Waals surface area (Å²) in [6.07, 6.45) is 27.3. The summed E-state index contributed by atoms with van der Waals surface area (Å²) in [5, 5.41) is 0. The number of rotatable bonds is 24. The summed E-state index contributed by atoms with van der Waals surface area (Å²) < 4.78 is 34.8. The Morgan fingerprint density at radius 1 is 0.517 bits per heavy atom. The fourth-order valence-electron chi connectivity index (χ4n) is 3.73. The van der Waals surface area contributed by atoms with Gasteiger partial charge in [0.2, 0.25) is 0 Å². The van der Waals surface area contributed by atoms with E-state index < -0.39 is 10.1 Å². The first-order valence-corrected chi connectivity index (χ1v) is 14.2. The standard InChI is InChI=1S/C24H50O4S/c1-2-3-4-5-6-7-8-9-10-11-12-13-14-15-16-17-18-19-20-21-22-28-23-24-29(25,26)27/h2-24H2,1H3,(H,25,26,27). The quantitative estimate of drug-likeness (QED) is 0.125. The van der Waals surface area contributed by atoms with Gasteiger partial charge in [0.25, 0.3) is 10.1 Å². The lowest BCUT2D eigenvalue weighted by atomic mass is 10.0. The molecule has 0 atom stereocenters. The van der Waals surface area contributed by atoms with Crippen LogP contribution in [0.15, 0.2) is 0 Å². The van der Waals surface area contributed by atoms with Crippen molar-refractivity contribution in [1.29, 1.82) is 0 Å². The van der Waals surface area contributed by atoms with Crippen molar-refractivity contribution < 1.29 is 17.7 Å². The van der Waals surface area contributed by atoms with Crippen molar-refractivity contribution in [3.8, 4) is 0 Å². The van der Waals surface area contributed by atoms with Gasteiger partial charge in [0.1, 0.15) is 0 Å². The van der Waals surface area contributed by atoms with E-state index in [4.69, 9.17) is 9.29 Å². The van der Waals surface area contributed by atoms with E-state index in [-0.39, 0.29) is 12.4 Å². The van der Waals surface area contributed by atoms with Crippen molar-refractivity contribution in [3.63, 3.8) is 0 Å². The Kier molecular flexibility index (Phi) is 22.5. The van der Waals surface area contributed by atoms with E-state index in [0.717, 1.165) is 12.8 Å². The highest BCUT2D eigenvalue weighted by atomic mass is 32.2. The second-order valence-electron chi connectivity index (χ2n) is 8.62. The van der Waals surface area contributed by atoms with Gasteiger partial charge < -0.3 is 4.74 Å². The number of unbranched alkanes of at least 4 members (excludes halogenated alkanes) is 19. The molecule has 0 heterocycles. The summed E-state index contributed by atoms with van der Waals surface area (Å²) in [5.41, 5.74) is 0. The first-order chi connectivity index (χ1) is 14.1. The second kappa shape index (κ2) is 22.6. The Balaban J connectivity index is 3.03. The van der Waals surface area contributed by atoms with Gasteiger partial charge in [-0.05, 0) is 6.42 Å². The minimum Gasteiger partial charge on any atom is -0.380 e. The van der Waals surface area contributed by atoms with Crippen LogP contribution in [-0.2, 0) is 14.9 Å². The molecule has 176 valence electrons. The third-order valence-electron chi connectivity index (χ3n) is 5.63. The Bertz CT molecular complexity index is 409. The molecule has 0 unspecified atom stereocenters. The Hall–Kier alpha value is -0.130. The molecule has 0 radical (unpaired) electrons. The lowest BCUT2D eigenvalue weighted by Crippen LogP contribution is -2.11.